The predicted octanol–water partition coefficient (Wildman–Crippen LogP) is 3.48. The Morgan fingerprint density at radius 3 is 2.48 bits per heavy atom. The summed E-state index contributed by atoms with van der Waals surface area (Å²) in [5.41, 5.74) is 7.49. The lowest BCUT2D eigenvalue weighted by atomic mass is 9.83. The van der Waals surface area contributed by atoms with E-state index in [2.05, 4.69) is 33.0 Å². The number of carbonyl (C=O) groups is 1. The fourth-order valence-electron chi connectivity index (χ4n) is 2.66. The third-order valence-electron chi connectivity index (χ3n) is 3.80. The molecule has 1 aromatic carbocycles. The van der Waals surface area contributed by atoms with Crippen molar-refractivity contribution >= 4 is 5.91 Å². The van der Waals surface area contributed by atoms with Crippen LogP contribution in [0.25, 0.3) is 0 Å². The van der Waals surface area contributed by atoms with E-state index in [9.17, 15) is 4.79 Å². The van der Waals surface area contributed by atoms with Gasteiger partial charge in [0.15, 0.2) is 0 Å². The summed E-state index contributed by atoms with van der Waals surface area (Å²) in [7, 11) is 0. The van der Waals surface area contributed by atoms with E-state index in [1.54, 1.807) is 0 Å². The zero-order valence-corrected chi connectivity index (χ0v) is 13.9. The first kappa shape index (κ1) is 17.7. The molecule has 1 amide bonds. The summed E-state index contributed by atoms with van der Waals surface area (Å²) >= 11 is 0. The minimum absolute atomic E-state index is 0.0265. The monoisotopic (exact) mass is 290 g/mol. The third-order valence-corrected chi connectivity index (χ3v) is 3.80. The molecule has 3 heteroatoms. The summed E-state index contributed by atoms with van der Waals surface area (Å²) in [6.45, 7) is 9.95. The Hall–Kier alpha value is -1.35. The van der Waals surface area contributed by atoms with Crippen LogP contribution < -0.4 is 11.1 Å². The molecule has 0 saturated heterocycles. The molecule has 0 bridgehead atoms. The van der Waals surface area contributed by atoms with Gasteiger partial charge in [0.1, 0.15) is 0 Å². The van der Waals surface area contributed by atoms with Gasteiger partial charge < -0.3 is 11.1 Å². The van der Waals surface area contributed by atoms with Gasteiger partial charge in [-0.15, -0.1) is 0 Å². The van der Waals surface area contributed by atoms with Gasteiger partial charge in [0.25, 0.3) is 5.91 Å². The van der Waals surface area contributed by atoms with Gasteiger partial charge in [-0.05, 0) is 42.3 Å². The summed E-state index contributed by atoms with van der Waals surface area (Å²) in [6, 6.07) is 7.87. The van der Waals surface area contributed by atoms with Crippen LogP contribution in [0.5, 0.6) is 0 Å². The molecule has 0 aliphatic rings. The van der Waals surface area contributed by atoms with Gasteiger partial charge in [0, 0.05) is 12.1 Å². The molecule has 118 valence electrons. The number of rotatable bonds is 7. The molecular weight excluding hydrogens is 260 g/mol. The van der Waals surface area contributed by atoms with Gasteiger partial charge in [-0.2, -0.15) is 0 Å². The van der Waals surface area contributed by atoms with Crippen molar-refractivity contribution in [1.82, 2.24) is 5.32 Å². The molecule has 0 aliphatic heterocycles. The first-order valence-corrected chi connectivity index (χ1v) is 7.98. The molecule has 3 N–H and O–H groups in total. The lowest BCUT2D eigenvalue weighted by molar-refractivity contribution is 0.0943. The van der Waals surface area contributed by atoms with Crippen molar-refractivity contribution in [3.63, 3.8) is 0 Å². The standard InChI is InChI=1S/C18H30N2O/c1-5-8-14(11-12-19)13-20-17(21)15-9-6-7-10-16(15)18(2,3)4/h6-7,9-10,14H,5,8,11-13,19H2,1-4H3,(H,20,21). The van der Waals surface area contributed by atoms with Gasteiger partial charge in [0.05, 0.1) is 0 Å². The summed E-state index contributed by atoms with van der Waals surface area (Å²) in [6.07, 6.45) is 3.20. The number of carbonyl (C=O) groups excluding carboxylic acids is 1. The molecule has 1 unspecified atom stereocenters. The highest BCUT2D eigenvalue weighted by molar-refractivity contribution is 5.96. The number of hydrogen-bond donors (Lipinski definition) is 2. The number of nitrogens with two attached hydrogens (primary N) is 1. The maximum absolute atomic E-state index is 12.5. The van der Waals surface area contributed by atoms with Crippen molar-refractivity contribution in [2.24, 2.45) is 11.7 Å². The van der Waals surface area contributed by atoms with Crippen LogP contribution in [0.4, 0.5) is 0 Å². The van der Waals surface area contributed by atoms with Crippen molar-refractivity contribution < 1.29 is 4.79 Å². The fraction of sp³-hybridized carbons (Fsp3) is 0.611. The molecule has 0 spiro atoms. The lowest BCUT2D eigenvalue weighted by Crippen LogP contribution is -2.32. The molecule has 0 radical (unpaired) electrons. The van der Waals surface area contributed by atoms with E-state index in [0.717, 1.165) is 30.4 Å². The Morgan fingerprint density at radius 1 is 1.24 bits per heavy atom. The molecule has 0 saturated carbocycles. The summed E-state index contributed by atoms with van der Waals surface area (Å²) in [5.74, 6) is 0.504. The van der Waals surface area contributed by atoms with Crippen LogP contribution in [-0.4, -0.2) is 19.0 Å². The average Bonchev–Trinajstić information content (AvgIpc) is 2.44. The van der Waals surface area contributed by atoms with Crippen LogP contribution in [0.2, 0.25) is 0 Å². The smallest absolute Gasteiger partial charge is 0.251 e. The molecule has 1 rings (SSSR count). The molecule has 0 aromatic heterocycles. The topological polar surface area (TPSA) is 55.1 Å². The maximum Gasteiger partial charge on any atom is 0.251 e. The minimum Gasteiger partial charge on any atom is -0.352 e. The zero-order valence-electron chi connectivity index (χ0n) is 13.9. The van der Waals surface area contributed by atoms with Gasteiger partial charge in [-0.1, -0.05) is 52.3 Å². The number of amides is 1. The molecule has 1 aromatic rings. The molecule has 0 heterocycles. The van der Waals surface area contributed by atoms with Gasteiger partial charge in [-0.25, -0.2) is 0 Å². The predicted molar refractivity (Wildman–Crippen MR) is 89.5 cm³/mol. The van der Waals surface area contributed by atoms with Crippen molar-refractivity contribution in [1.29, 1.82) is 0 Å². The van der Waals surface area contributed by atoms with E-state index >= 15 is 0 Å². The van der Waals surface area contributed by atoms with Gasteiger partial charge in [0.2, 0.25) is 0 Å². The summed E-state index contributed by atoms with van der Waals surface area (Å²) < 4.78 is 0. The first-order valence-electron chi connectivity index (χ1n) is 7.98. The second kappa shape index (κ2) is 8.18. The highest BCUT2D eigenvalue weighted by atomic mass is 16.1. The van der Waals surface area contributed by atoms with Crippen molar-refractivity contribution in [2.75, 3.05) is 13.1 Å². The van der Waals surface area contributed by atoms with Crippen molar-refractivity contribution in [3.05, 3.63) is 35.4 Å². The summed E-state index contributed by atoms with van der Waals surface area (Å²) in [4.78, 5) is 12.5. The molecular formula is C18H30N2O. The van der Waals surface area contributed by atoms with Gasteiger partial charge >= 0.3 is 0 Å². The van der Waals surface area contributed by atoms with E-state index in [4.69, 9.17) is 5.73 Å². The zero-order chi connectivity index (χ0) is 15.9. The Morgan fingerprint density at radius 2 is 1.90 bits per heavy atom. The van der Waals surface area contributed by atoms with Crippen molar-refractivity contribution in [3.8, 4) is 0 Å². The number of benzene rings is 1. The lowest BCUT2D eigenvalue weighted by Gasteiger charge is -2.23. The van der Waals surface area contributed by atoms with Crippen molar-refractivity contribution in [2.45, 2.75) is 52.4 Å². The fourth-order valence-corrected chi connectivity index (χ4v) is 2.66. The normalized spacial score (nSPS) is 13.0. The molecule has 1 atom stereocenters. The Balaban J connectivity index is 2.76. The maximum atomic E-state index is 12.5. The summed E-state index contributed by atoms with van der Waals surface area (Å²) in [5, 5.41) is 3.09. The minimum atomic E-state index is -0.0337. The quantitative estimate of drug-likeness (QED) is 0.807. The van der Waals surface area contributed by atoms with E-state index < -0.39 is 0 Å². The van der Waals surface area contributed by atoms with E-state index in [1.807, 2.05) is 24.3 Å². The first-order chi connectivity index (χ1) is 9.90. The Kier molecular flexibility index (Phi) is 6.90. The molecule has 3 nitrogen and oxygen atoms in total. The second-order valence-corrected chi connectivity index (χ2v) is 6.74. The van der Waals surface area contributed by atoms with Crippen LogP contribution in [0.3, 0.4) is 0 Å². The van der Waals surface area contributed by atoms with E-state index in [-0.39, 0.29) is 11.3 Å². The molecule has 0 aliphatic carbocycles. The largest absolute Gasteiger partial charge is 0.352 e. The Labute approximate surface area is 129 Å². The van der Waals surface area contributed by atoms with Crippen LogP contribution in [0, 0.1) is 5.92 Å². The number of nitrogens with one attached hydrogen (secondary N) is 1. The second-order valence-electron chi connectivity index (χ2n) is 6.74. The third kappa shape index (κ3) is 5.50. The average molecular weight is 290 g/mol. The van der Waals surface area contributed by atoms with Crippen LogP contribution in [0.15, 0.2) is 24.3 Å². The van der Waals surface area contributed by atoms with E-state index in [1.165, 1.54) is 0 Å². The molecule has 0 fully saturated rings. The van der Waals surface area contributed by atoms with Crippen LogP contribution >= 0.6 is 0 Å². The number of hydrogen-bond acceptors (Lipinski definition) is 2. The highest BCUT2D eigenvalue weighted by Gasteiger charge is 2.21. The molecule has 21 heavy (non-hydrogen) atoms. The highest BCUT2D eigenvalue weighted by Crippen LogP contribution is 2.25. The Bertz CT molecular complexity index is 443. The SMILES string of the molecule is CCCC(CCN)CNC(=O)c1ccccc1C(C)(C)C. The van der Waals surface area contributed by atoms with Crippen LogP contribution in [0.1, 0.15) is 62.9 Å². The van der Waals surface area contributed by atoms with Gasteiger partial charge in [-0.3, -0.25) is 4.79 Å². The van der Waals surface area contributed by atoms with Crippen LogP contribution in [-0.2, 0) is 5.41 Å². The van der Waals surface area contributed by atoms with E-state index in [0.29, 0.717) is 19.0 Å².